The quantitative estimate of drug-likeness (QED) is 0.210. The Morgan fingerprint density at radius 3 is 2.30 bits per heavy atom. The predicted molar refractivity (Wildman–Crippen MR) is 170 cm³/mol. The predicted octanol–water partition coefficient (Wildman–Crippen LogP) is 6.35. The van der Waals surface area contributed by atoms with Crippen molar-refractivity contribution in [2.75, 3.05) is 24.6 Å². The number of anilines is 1. The van der Waals surface area contributed by atoms with Gasteiger partial charge in [-0.2, -0.15) is 4.98 Å². The molecule has 9 nitrogen and oxygen atoms in total. The number of benzene rings is 2. The molecule has 2 aromatic carbocycles. The summed E-state index contributed by atoms with van der Waals surface area (Å²) in [5.74, 6) is 2.39. The Kier molecular flexibility index (Phi) is 7.75. The van der Waals surface area contributed by atoms with Crippen LogP contribution in [0.1, 0.15) is 56.1 Å². The first-order valence-electron chi connectivity index (χ1n) is 15.1. The van der Waals surface area contributed by atoms with E-state index >= 15 is 0 Å². The maximum absolute atomic E-state index is 6.31. The topological polar surface area (TPSA) is 76.6 Å². The first kappa shape index (κ1) is 28.5. The maximum Gasteiger partial charge on any atom is 0.258 e. The summed E-state index contributed by atoms with van der Waals surface area (Å²) < 4.78 is 10.2. The molecule has 5 aromatic rings. The summed E-state index contributed by atoms with van der Waals surface area (Å²) in [6.07, 6.45) is 5.05. The van der Waals surface area contributed by atoms with Crippen molar-refractivity contribution in [2.45, 2.75) is 70.8 Å². The van der Waals surface area contributed by atoms with Gasteiger partial charge in [-0.1, -0.05) is 54.4 Å². The maximum atomic E-state index is 6.31. The van der Waals surface area contributed by atoms with Crippen LogP contribution in [0, 0.1) is 6.92 Å². The smallest absolute Gasteiger partial charge is 0.258 e. The van der Waals surface area contributed by atoms with E-state index < -0.39 is 0 Å². The van der Waals surface area contributed by atoms with Crippen LogP contribution in [-0.4, -0.2) is 71.9 Å². The molecule has 2 saturated heterocycles. The van der Waals surface area contributed by atoms with Crippen molar-refractivity contribution < 1.29 is 4.74 Å². The number of ether oxygens (including phenoxy) is 1. The first-order chi connectivity index (χ1) is 20.9. The first-order valence-corrected chi connectivity index (χ1v) is 15.9. The third kappa shape index (κ3) is 5.26. The van der Waals surface area contributed by atoms with E-state index in [2.05, 4.69) is 69.6 Å². The van der Waals surface area contributed by atoms with Gasteiger partial charge in [-0.3, -0.25) is 4.90 Å². The van der Waals surface area contributed by atoms with Crippen LogP contribution >= 0.6 is 23.2 Å². The van der Waals surface area contributed by atoms with Crippen molar-refractivity contribution in [3.05, 3.63) is 81.9 Å². The molecule has 5 heterocycles. The van der Waals surface area contributed by atoms with Gasteiger partial charge in [-0.25, -0.2) is 9.38 Å². The number of imidazole rings is 1. The Morgan fingerprint density at radius 1 is 0.977 bits per heavy atom. The number of rotatable bonds is 7. The van der Waals surface area contributed by atoms with Gasteiger partial charge in [0.1, 0.15) is 17.7 Å². The fraction of sp³-hybridized carbons (Fsp3) is 0.438. The van der Waals surface area contributed by atoms with E-state index in [1.54, 1.807) is 6.33 Å². The minimum Gasteiger partial charge on any atom is -0.376 e. The Morgan fingerprint density at radius 2 is 1.67 bits per heavy atom. The summed E-state index contributed by atoms with van der Waals surface area (Å²) in [5, 5.41) is 10.1. The van der Waals surface area contributed by atoms with E-state index in [1.807, 2.05) is 28.7 Å². The molecule has 0 saturated carbocycles. The van der Waals surface area contributed by atoms with Gasteiger partial charge in [0.15, 0.2) is 11.5 Å². The largest absolute Gasteiger partial charge is 0.376 e. The number of fused-ring (bicyclic) bond motifs is 3. The molecule has 2 fully saturated rings. The number of piperazine rings is 1. The van der Waals surface area contributed by atoms with E-state index in [4.69, 9.17) is 37.9 Å². The van der Waals surface area contributed by atoms with Gasteiger partial charge in [0.25, 0.3) is 5.78 Å². The summed E-state index contributed by atoms with van der Waals surface area (Å²) in [4.78, 5) is 15.2. The van der Waals surface area contributed by atoms with Crippen molar-refractivity contribution >= 4 is 46.0 Å². The van der Waals surface area contributed by atoms with Crippen LogP contribution in [-0.2, 0) is 11.3 Å². The van der Waals surface area contributed by atoms with Crippen LogP contribution in [0.15, 0.2) is 54.9 Å². The van der Waals surface area contributed by atoms with E-state index in [0.717, 1.165) is 78.4 Å². The highest BCUT2D eigenvalue weighted by atomic mass is 35.5. The number of hydrogen-bond donors (Lipinski definition) is 0. The fourth-order valence-electron chi connectivity index (χ4n) is 6.87. The van der Waals surface area contributed by atoms with Gasteiger partial charge in [0, 0.05) is 41.8 Å². The summed E-state index contributed by atoms with van der Waals surface area (Å²) in [6, 6.07) is 16.9. The highest BCUT2D eigenvalue weighted by Gasteiger charge is 2.38. The third-order valence-corrected chi connectivity index (χ3v) is 9.55. The Hall–Kier alpha value is -3.24. The summed E-state index contributed by atoms with van der Waals surface area (Å²) >= 11 is 12.6. The number of aromatic nitrogens is 6. The molecule has 0 bridgehead atoms. The lowest BCUT2D eigenvalue weighted by molar-refractivity contribution is 0.0972. The Labute approximate surface area is 261 Å². The Balaban J connectivity index is 1.28. The zero-order valence-corrected chi connectivity index (χ0v) is 26.2. The number of halogens is 2. The van der Waals surface area contributed by atoms with Crippen molar-refractivity contribution in [2.24, 2.45) is 0 Å². The van der Waals surface area contributed by atoms with E-state index in [9.17, 15) is 0 Å². The second-order valence-corrected chi connectivity index (χ2v) is 12.7. The van der Waals surface area contributed by atoms with Crippen LogP contribution in [0.3, 0.4) is 0 Å². The molecule has 0 radical (unpaired) electrons. The Bertz CT molecular complexity index is 1680. The van der Waals surface area contributed by atoms with E-state index in [-0.39, 0.29) is 24.2 Å². The normalized spacial score (nSPS) is 21.5. The molecule has 7 rings (SSSR count). The van der Waals surface area contributed by atoms with Crippen LogP contribution in [0.4, 0.5) is 5.82 Å². The summed E-state index contributed by atoms with van der Waals surface area (Å²) in [5.41, 5.74) is 4.27. The number of hydrogen-bond acceptors (Lipinski definition) is 7. The SMILES string of the molecule is CC[C@@H]1CN(c2nc3nncn3c3c2nc(C)n3CC2CCCO2)[C@@H](C)CN1C(c1ccc(Cl)cc1)c1ccc(Cl)cc1. The molecule has 0 spiro atoms. The molecule has 0 amide bonds. The lowest BCUT2D eigenvalue weighted by atomic mass is 9.92. The molecule has 1 unspecified atom stereocenters. The van der Waals surface area contributed by atoms with Gasteiger partial charge < -0.3 is 14.2 Å². The molecule has 3 atom stereocenters. The summed E-state index contributed by atoms with van der Waals surface area (Å²) in [6.45, 7) is 9.82. The lowest BCUT2D eigenvalue weighted by Crippen LogP contribution is -2.58. The van der Waals surface area contributed by atoms with Crippen molar-refractivity contribution in [3.8, 4) is 0 Å². The van der Waals surface area contributed by atoms with E-state index in [1.165, 1.54) is 11.1 Å². The summed E-state index contributed by atoms with van der Waals surface area (Å²) in [7, 11) is 0. The molecule has 2 aliphatic rings. The highest BCUT2D eigenvalue weighted by molar-refractivity contribution is 6.30. The molecule has 0 N–H and O–H groups in total. The minimum absolute atomic E-state index is 0.0592. The molecule has 0 aliphatic carbocycles. The molecule has 224 valence electrons. The van der Waals surface area contributed by atoms with Gasteiger partial charge in [-0.15, -0.1) is 10.2 Å². The van der Waals surface area contributed by atoms with Crippen LogP contribution in [0.2, 0.25) is 10.0 Å². The molecular weight excluding hydrogens is 583 g/mol. The molecular formula is C32H36Cl2N8O. The van der Waals surface area contributed by atoms with Crippen molar-refractivity contribution in [3.63, 3.8) is 0 Å². The average Bonchev–Trinajstić information content (AvgIpc) is 3.76. The lowest BCUT2D eigenvalue weighted by Gasteiger charge is -2.49. The van der Waals surface area contributed by atoms with Gasteiger partial charge in [0.05, 0.1) is 18.7 Å². The second-order valence-electron chi connectivity index (χ2n) is 11.8. The monoisotopic (exact) mass is 618 g/mol. The number of aryl methyl sites for hydroxylation is 1. The molecule has 3 aromatic heterocycles. The zero-order valence-electron chi connectivity index (χ0n) is 24.7. The minimum atomic E-state index is 0.0592. The van der Waals surface area contributed by atoms with Crippen molar-refractivity contribution in [1.29, 1.82) is 0 Å². The van der Waals surface area contributed by atoms with Gasteiger partial charge in [-0.05, 0) is 68.5 Å². The van der Waals surface area contributed by atoms with Crippen LogP contribution < -0.4 is 4.90 Å². The van der Waals surface area contributed by atoms with Gasteiger partial charge >= 0.3 is 0 Å². The fourth-order valence-corrected chi connectivity index (χ4v) is 7.12. The van der Waals surface area contributed by atoms with Crippen LogP contribution in [0.5, 0.6) is 0 Å². The van der Waals surface area contributed by atoms with Crippen molar-refractivity contribution in [1.82, 2.24) is 34.0 Å². The average molecular weight is 620 g/mol. The molecule has 2 aliphatic heterocycles. The number of nitrogens with zero attached hydrogens (tertiary/aromatic N) is 8. The second kappa shape index (κ2) is 11.7. The third-order valence-electron chi connectivity index (χ3n) is 9.05. The molecule has 11 heteroatoms. The zero-order chi connectivity index (χ0) is 29.7. The highest BCUT2D eigenvalue weighted by Crippen LogP contribution is 2.38. The van der Waals surface area contributed by atoms with Gasteiger partial charge in [0.2, 0.25) is 0 Å². The van der Waals surface area contributed by atoms with Crippen LogP contribution in [0.25, 0.3) is 16.9 Å². The standard InChI is InChI=1S/C32H36Cl2N8O/c1-4-26-17-39(20(2)16-41(26)29(22-7-11-24(33)12-8-22)23-9-13-25(34)14-10-23)30-28-31(42-19-35-38-32(42)37-30)40(21(3)36-28)18-27-6-5-15-43-27/h7-14,19-20,26-27,29H,4-6,15-18H2,1-3H3/t20-,26+,27?/m0/s1. The molecule has 43 heavy (non-hydrogen) atoms. The van der Waals surface area contributed by atoms with E-state index in [0.29, 0.717) is 5.78 Å².